The van der Waals surface area contributed by atoms with Crippen LogP contribution in [0.15, 0.2) is 42.0 Å². The molecule has 1 aromatic rings. The molecule has 39 heavy (non-hydrogen) atoms. The molecule has 2 aliphatic rings. The monoisotopic (exact) mass is 546 g/mol. The van der Waals surface area contributed by atoms with Crippen molar-refractivity contribution in [3.63, 3.8) is 0 Å². The number of nitrogens with zero attached hydrogens (tertiary/aromatic N) is 3. The number of amides is 2. The van der Waals surface area contributed by atoms with E-state index in [9.17, 15) is 33.7 Å². The summed E-state index contributed by atoms with van der Waals surface area (Å²) >= 11 is 0. The van der Waals surface area contributed by atoms with E-state index in [1.807, 2.05) is 11.0 Å². The Morgan fingerprint density at radius 3 is 2.51 bits per heavy atom. The number of alkyl halides is 2. The molecule has 2 heterocycles. The number of likely N-dealkylation sites (tertiary alicyclic amines) is 2. The van der Waals surface area contributed by atoms with Gasteiger partial charge in [0, 0.05) is 44.3 Å². The van der Waals surface area contributed by atoms with E-state index in [2.05, 4.69) is 5.32 Å². The van der Waals surface area contributed by atoms with Gasteiger partial charge in [0.2, 0.25) is 0 Å². The molecule has 3 N–H and O–H groups in total. The van der Waals surface area contributed by atoms with E-state index in [-0.39, 0.29) is 44.4 Å². The highest BCUT2D eigenvalue weighted by Crippen LogP contribution is 2.32. The molecule has 0 bridgehead atoms. The van der Waals surface area contributed by atoms with Gasteiger partial charge in [-0.3, -0.25) is 9.69 Å². The number of piperidine rings is 2. The highest BCUT2D eigenvalue weighted by molar-refractivity contribution is 6.41. The molecule has 2 saturated heterocycles. The van der Waals surface area contributed by atoms with Gasteiger partial charge in [-0.1, -0.05) is 30.3 Å². The van der Waals surface area contributed by atoms with Crippen molar-refractivity contribution in [2.45, 2.75) is 75.8 Å². The summed E-state index contributed by atoms with van der Waals surface area (Å²) in [4.78, 5) is 29.4. The second-order valence-corrected chi connectivity index (χ2v) is 10.7. The lowest BCUT2D eigenvalue weighted by Gasteiger charge is -2.41. The number of halogens is 2. The van der Waals surface area contributed by atoms with Crippen LogP contribution in [0.25, 0.3) is 0 Å². The van der Waals surface area contributed by atoms with Crippen LogP contribution in [0.5, 0.6) is 0 Å². The van der Waals surface area contributed by atoms with Gasteiger partial charge < -0.3 is 25.0 Å². The van der Waals surface area contributed by atoms with Crippen LogP contribution < -0.4 is 5.32 Å². The van der Waals surface area contributed by atoms with Crippen molar-refractivity contribution in [2.24, 2.45) is 0 Å². The van der Waals surface area contributed by atoms with Crippen LogP contribution in [0.1, 0.15) is 57.6 Å². The topological polar surface area (TPSA) is 126 Å². The van der Waals surface area contributed by atoms with Crippen molar-refractivity contribution >= 4 is 19.1 Å². The Kier molecular flexibility index (Phi) is 10.5. The summed E-state index contributed by atoms with van der Waals surface area (Å²) < 4.78 is 32.7. The van der Waals surface area contributed by atoms with E-state index >= 15 is 0 Å². The average molecular weight is 546 g/mol. The van der Waals surface area contributed by atoms with Crippen molar-refractivity contribution in [1.82, 2.24) is 15.1 Å². The summed E-state index contributed by atoms with van der Waals surface area (Å²) in [5.74, 6) is -3.18. The van der Waals surface area contributed by atoms with Gasteiger partial charge in [0.25, 0.3) is 11.8 Å². The van der Waals surface area contributed by atoms with Gasteiger partial charge in [-0.15, -0.1) is 0 Å². The third-order valence-corrected chi connectivity index (χ3v) is 7.39. The van der Waals surface area contributed by atoms with Crippen molar-refractivity contribution in [3.05, 3.63) is 47.5 Å². The van der Waals surface area contributed by atoms with Crippen molar-refractivity contribution < 1.29 is 33.2 Å². The molecule has 3 rings (SSSR count). The Labute approximate surface area is 228 Å². The number of nitrogens with one attached hydrogen (secondary N) is 1. The minimum absolute atomic E-state index is 0.0743. The molecule has 2 fully saturated rings. The van der Waals surface area contributed by atoms with Crippen LogP contribution in [-0.4, -0.2) is 82.7 Å². The first-order chi connectivity index (χ1) is 18.4. The van der Waals surface area contributed by atoms with Gasteiger partial charge >= 0.3 is 13.2 Å². The fourth-order valence-electron chi connectivity index (χ4n) is 5.12. The van der Waals surface area contributed by atoms with Crippen LogP contribution >= 0.6 is 0 Å². The number of carbonyl (C=O) groups excluding carboxylic acids is 2. The molecule has 2 amide bonds. The summed E-state index contributed by atoms with van der Waals surface area (Å²) in [5.41, 5.74) is -0.168. The first kappa shape index (κ1) is 30.5. The Bertz CT molecular complexity index is 1050. The summed E-state index contributed by atoms with van der Waals surface area (Å²) in [7, 11) is -1.64. The predicted octanol–water partition coefficient (Wildman–Crippen LogP) is 3.27. The molecule has 0 radical (unpaired) electrons. The number of benzene rings is 1. The maximum absolute atomic E-state index is 13.6. The molecule has 212 valence electrons. The summed E-state index contributed by atoms with van der Waals surface area (Å²) in [6.45, 7) is 4.23. The number of carbonyl (C=O) groups is 2. The SMILES string of the molecule is CC(C)(C=C(C#N)C(=O)N1CCCC[C@@H]1COC(=O)N[C@H](CB(O)O)c1ccccc1)N1CCC(F)(F)CC1. The molecule has 1 aromatic carbocycles. The number of hydrogen-bond donors (Lipinski definition) is 3. The van der Waals surface area contributed by atoms with Gasteiger partial charge in [0.05, 0.1) is 12.1 Å². The standard InChI is InChI=1S/C27H37BF2N4O5/c1-26(2,33-14-11-27(29,30)12-15-33)16-21(18-31)24(35)34-13-7-6-10-22(34)19-39-25(36)32-23(17-28(37)38)20-8-4-3-5-9-20/h3-5,8-9,16,22-23,37-38H,6-7,10-15,17,19H2,1-2H3,(H,32,36)/t22-,23-/m1/s1. The third kappa shape index (κ3) is 8.75. The van der Waals surface area contributed by atoms with Crippen LogP contribution in [0.3, 0.4) is 0 Å². The highest BCUT2D eigenvalue weighted by Gasteiger charge is 2.39. The summed E-state index contributed by atoms with van der Waals surface area (Å²) in [6, 6.07) is 9.71. The molecule has 0 spiro atoms. The number of rotatable bonds is 9. The molecule has 9 nitrogen and oxygen atoms in total. The van der Waals surface area contributed by atoms with Gasteiger partial charge in [-0.25, -0.2) is 13.6 Å². The molecule has 0 unspecified atom stereocenters. The van der Waals surface area contributed by atoms with Crippen LogP contribution in [-0.2, 0) is 9.53 Å². The Hall–Kier alpha value is -3.01. The maximum Gasteiger partial charge on any atom is 0.453 e. The first-order valence-electron chi connectivity index (χ1n) is 13.3. The zero-order valence-electron chi connectivity index (χ0n) is 22.5. The minimum atomic E-state index is -2.70. The normalized spacial score (nSPS) is 21.0. The van der Waals surface area contributed by atoms with Gasteiger partial charge in [0.15, 0.2) is 0 Å². The summed E-state index contributed by atoms with van der Waals surface area (Å²) in [5, 5.41) is 31.3. The molecular formula is C27H37BF2N4O5. The first-order valence-corrected chi connectivity index (χ1v) is 13.3. The zero-order valence-corrected chi connectivity index (χ0v) is 22.5. The molecule has 0 aliphatic carbocycles. The smallest absolute Gasteiger partial charge is 0.447 e. The fraction of sp³-hybridized carbons (Fsp3) is 0.593. The van der Waals surface area contributed by atoms with E-state index in [1.54, 1.807) is 55.2 Å². The predicted molar refractivity (Wildman–Crippen MR) is 142 cm³/mol. The highest BCUT2D eigenvalue weighted by atomic mass is 19.3. The second-order valence-electron chi connectivity index (χ2n) is 10.7. The number of nitriles is 1. The van der Waals surface area contributed by atoms with Crippen LogP contribution in [0.2, 0.25) is 6.32 Å². The number of ether oxygens (including phenoxy) is 1. The molecule has 2 aliphatic heterocycles. The third-order valence-electron chi connectivity index (χ3n) is 7.39. The van der Waals surface area contributed by atoms with E-state index in [0.717, 1.165) is 12.8 Å². The summed E-state index contributed by atoms with van der Waals surface area (Å²) in [6.07, 6.45) is 2.26. The molecule has 0 saturated carbocycles. The Balaban J connectivity index is 1.65. The van der Waals surface area contributed by atoms with Crippen molar-refractivity contribution in [2.75, 3.05) is 26.2 Å². The van der Waals surface area contributed by atoms with Crippen LogP contribution in [0.4, 0.5) is 13.6 Å². The van der Waals surface area contributed by atoms with Crippen molar-refractivity contribution in [3.8, 4) is 6.07 Å². The van der Waals surface area contributed by atoms with E-state index in [0.29, 0.717) is 18.5 Å². The molecule has 12 heteroatoms. The molecular weight excluding hydrogens is 509 g/mol. The zero-order chi connectivity index (χ0) is 28.6. The lowest BCUT2D eigenvalue weighted by molar-refractivity contribution is -0.131. The largest absolute Gasteiger partial charge is 0.453 e. The van der Waals surface area contributed by atoms with E-state index in [4.69, 9.17) is 4.74 Å². The van der Waals surface area contributed by atoms with Gasteiger partial charge in [0.1, 0.15) is 18.2 Å². The van der Waals surface area contributed by atoms with E-state index in [1.165, 1.54) is 0 Å². The molecule has 0 aromatic heterocycles. The van der Waals surface area contributed by atoms with Gasteiger partial charge in [-0.2, -0.15) is 5.26 Å². The number of alkyl carbamates (subject to hydrolysis) is 1. The lowest BCUT2D eigenvalue weighted by atomic mass is 9.79. The van der Waals surface area contributed by atoms with Crippen molar-refractivity contribution in [1.29, 1.82) is 5.26 Å². The quantitative estimate of drug-likeness (QED) is 0.247. The fourth-order valence-corrected chi connectivity index (χ4v) is 5.12. The number of hydrogen-bond acceptors (Lipinski definition) is 7. The Morgan fingerprint density at radius 1 is 1.23 bits per heavy atom. The molecule has 2 atom stereocenters. The van der Waals surface area contributed by atoms with Crippen LogP contribution in [0, 0.1) is 11.3 Å². The minimum Gasteiger partial charge on any atom is -0.447 e. The van der Waals surface area contributed by atoms with E-state index < -0.39 is 42.7 Å². The lowest BCUT2D eigenvalue weighted by Crippen LogP contribution is -2.51. The van der Waals surface area contributed by atoms with Gasteiger partial charge in [-0.05, 0) is 44.7 Å². The second kappa shape index (κ2) is 13.4. The average Bonchev–Trinajstić information content (AvgIpc) is 2.90. The Morgan fingerprint density at radius 2 is 1.90 bits per heavy atom. The maximum atomic E-state index is 13.6.